The first-order chi connectivity index (χ1) is 7.63. The van der Waals surface area contributed by atoms with Gasteiger partial charge in [0.25, 0.3) is 5.88 Å². The van der Waals surface area contributed by atoms with Crippen LogP contribution in [-0.2, 0) is 14.3 Å². The van der Waals surface area contributed by atoms with Crippen molar-refractivity contribution >= 4 is 11.9 Å². The number of methoxy groups -OCH3 is 1. The number of esters is 2. The third-order valence-corrected chi connectivity index (χ3v) is 1.54. The van der Waals surface area contributed by atoms with Gasteiger partial charge in [0.15, 0.2) is 12.4 Å². The summed E-state index contributed by atoms with van der Waals surface area (Å²) in [5.74, 6) is -0.794. The second kappa shape index (κ2) is 5.69. The molecule has 0 aliphatic rings. The van der Waals surface area contributed by atoms with Crippen molar-refractivity contribution in [3.05, 3.63) is 18.3 Å². The van der Waals surface area contributed by atoms with Gasteiger partial charge in [-0.05, 0) is 12.1 Å². The Bertz CT molecular complexity index is 391. The Kier molecular flexibility index (Phi) is 4.26. The average Bonchev–Trinajstić information content (AvgIpc) is 2.26. The fourth-order valence-corrected chi connectivity index (χ4v) is 0.903. The normalized spacial score (nSPS) is 9.38. The van der Waals surface area contributed by atoms with Gasteiger partial charge in [0.2, 0.25) is 0 Å². The Hall–Kier alpha value is -2.11. The minimum absolute atomic E-state index is 0.0723. The van der Waals surface area contributed by atoms with E-state index in [1.807, 2.05) is 0 Å². The number of carbonyl (C=O) groups is 2. The predicted molar refractivity (Wildman–Crippen MR) is 53.1 cm³/mol. The van der Waals surface area contributed by atoms with E-state index in [9.17, 15) is 9.59 Å². The second-order valence-corrected chi connectivity index (χ2v) is 2.77. The molecule has 6 nitrogen and oxygen atoms in total. The summed E-state index contributed by atoms with van der Waals surface area (Å²) >= 11 is 0. The van der Waals surface area contributed by atoms with Crippen molar-refractivity contribution < 1.29 is 23.8 Å². The number of ether oxygens (including phenoxy) is 3. The topological polar surface area (TPSA) is 74.7 Å². The molecule has 0 saturated carbocycles. The molecular weight excluding hydrogens is 214 g/mol. The first-order valence-electron chi connectivity index (χ1n) is 4.46. The van der Waals surface area contributed by atoms with E-state index < -0.39 is 11.9 Å². The van der Waals surface area contributed by atoms with Crippen LogP contribution in [0.3, 0.4) is 0 Å². The van der Waals surface area contributed by atoms with Crippen LogP contribution in [0.15, 0.2) is 18.3 Å². The summed E-state index contributed by atoms with van der Waals surface area (Å²) in [7, 11) is 1.25. The van der Waals surface area contributed by atoms with E-state index in [0.29, 0.717) is 0 Å². The van der Waals surface area contributed by atoms with Gasteiger partial charge < -0.3 is 14.2 Å². The average molecular weight is 225 g/mol. The molecule has 0 unspecified atom stereocenters. The maximum atomic E-state index is 10.8. The van der Waals surface area contributed by atoms with Crippen molar-refractivity contribution in [1.29, 1.82) is 0 Å². The molecule has 0 aliphatic carbocycles. The molecule has 0 fully saturated rings. The largest absolute Gasteiger partial charge is 0.466 e. The third-order valence-electron chi connectivity index (χ3n) is 1.54. The van der Waals surface area contributed by atoms with Crippen molar-refractivity contribution in [1.82, 2.24) is 4.98 Å². The Morgan fingerprint density at radius 2 is 2.19 bits per heavy atom. The molecule has 0 spiro atoms. The molecule has 0 N–H and O–H groups in total. The molecule has 0 saturated heterocycles. The van der Waals surface area contributed by atoms with Crippen molar-refractivity contribution in [2.24, 2.45) is 0 Å². The fraction of sp³-hybridized carbons (Fsp3) is 0.300. The van der Waals surface area contributed by atoms with Crippen LogP contribution in [-0.4, -0.2) is 30.6 Å². The Morgan fingerprint density at radius 3 is 2.81 bits per heavy atom. The molecule has 1 heterocycles. The lowest BCUT2D eigenvalue weighted by Gasteiger charge is -2.07. The molecule has 0 amide bonds. The van der Waals surface area contributed by atoms with E-state index in [4.69, 9.17) is 9.47 Å². The number of hydrogen-bond acceptors (Lipinski definition) is 6. The smallest absolute Gasteiger partial charge is 0.343 e. The van der Waals surface area contributed by atoms with Gasteiger partial charge in [-0.2, -0.15) is 0 Å². The van der Waals surface area contributed by atoms with E-state index in [2.05, 4.69) is 9.72 Å². The molecule has 16 heavy (non-hydrogen) atoms. The molecular formula is C10H11NO5. The molecule has 0 radical (unpaired) electrons. The van der Waals surface area contributed by atoms with E-state index in [1.165, 1.54) is 26.3 Å². The summed E-state index contributed by atoms with van der Waals surface area (Å²) in [6, 6.07) is 3.10. The van der Waals surface area contributed by atoms with Crippen molar-refractivity contribution in [2.75, 3.05) is 13.7 Å². The standard InChI is InChI=1S/C10H11NO5/c1-7(12)16-8-4-3-5-11-10(8)15-6-9(13)14-2/h3-5H,6H2,1-2H3. The van der Waals surface area contributed by atoms with Gasteiger partial charge in [-0.3, -0.25) is 4.79 Å². The Labute approximate surface area is 92.1 Å². The van der Waals surface area contributed by atoms with Crippen LogP contribution >= 0.6 is 0 Å². The van der Waals surface area contributed by atoms with E-state index in [-0.39, 0.29) is 18.2 Å². The van der Waals surface area contributed by atoms with E-state index in [1.54, 1.807) is 6.07 Å². The number of rotatable bonds is 4. The minimum atomic E-state index is -0.542. The fourth-order valence-electron chi connectivity index (χ4n) is 0.903. The van der Waals surface area contributed by atoms with Crippen LogP contribution in [0.25, 0.3) is 0 Å². The van der Waals surface area contributed by atoms with Gasteiger partial charge >= 0.3 is 11.9 Å². The summed E-state index contributed by atoms with van der Waals surface area (Å²) in [6.45, 7) is 0.971. The maximum Gasteiger partial charge on any atom is 0.343 e. The van der Waals surface area contributed by atoms with Crippen LogP contribution < -0.4 is 9.47 Å². The highest BCUT2D eigenvalue weighted by atomic mass is 16.6. The van der Waals surface area contributed by atoms with Crippen LogP contribution in [0, 0.1) is 0 Å². The van der Waals surface area contributed by atoms with Gasteiger partial charge in [-0.15, -0.1) is 0 Å². The van der Waals surface area contributed by atoms with E-state index >= 15 is 0 Å². The Balaban J connectivity index is 2.70. The van der Waals surface area contributed by atoms with Crippen molar-refractivity contribution in [3.8, 4) is 11.6 Å². The minimum Gasteiger partial charge on any atom is -0.466 e. The molecule has 1 aromatic heterocycles. The zero-order chi connectivity index (χ0) is 12.0. The number of pyridine rings is 1. The quantitative estimate of drug-likeness (QED) is 0.697. The molecule has 1 aromatic rings. The highest BCUT2D eigenvalue weighted by Crippen LogP contribution is 2.23. The molecule has 6 heteroatoms. The number of nitrogens with zero attached hydrogens (tertiary/aromatic N) is 1. The SMILES string of the molecule is COC(=O)COc1ncccc1OC(C)=O. The van der Waals surface area contributed by atoms with Crippen molar-refractivity contribution in [3.63, 3.8) is 0 Å². The molecule has 1 rings (SSSR count). The molecule has 0 bridgehead atoms. The summed E-state index contributed by atoms with van der Waals surface area (Å²) in [6.07, 6.45) is 1.46. The molecule has 0 atom stereocenters. The first-order valence-corrected chi connectivity index (χ1v) is 4.46. The summed E-state index contributed by atoms with van der Waals surface area (Å²) < 4.78 is 14.3. The Morgan fingerprint density at radius 1 is 1.44 bits per heavy atom. The third kappa shape index (κ3) is 3.56. The summed E-state index contributed by atoms with van der Waals surface area (Å²) in [4.78, 5) is 25.4. The van der Waals surface area contributed by atoms with Crippen LogP contribution in [0.5, 0.6) is 11.6 Å². The van der Waals surface area contributed by atoms with Gasteiger partial charge in [0.1, 0.15) is 0 Å². The second-order valence-electron chi connectivity index (χ2n) is 2.77. The summed E-state index contributed by atoms with van der Waals surface area (Å²) in [5.41, 5.74) is 0. The number of aromatic nitrogens is 1. The molecule has 86 valence electrons. The predicted octanol–water partition coefficient (Wildman–Crippen LogP) is 0.559. The lowest BCUT2D eigenvalue weighted by Crippen LogP contribution is -2.14. The van der Waals surface area contributed by atoms with Gasteiger partial charge in [-0.25, -0.2) is 9.78 Å². The maximum absolute atomic E-state index is 10.8. The van der Waals surface area contributed by atoms with Crippen molar-refractivity contribution in [2.45, 2.75) is 6.92 Å². The zero-order valence-electron chi connectivity index (χ0n) is 8.93. The highest BCUT2D eigenvalue weighted by molar-refractivity contribution is 5.71. The number of hydrogen-bond donors (Lipinski definition) is 0. The molecule has 0 aliphatic heterocycles. The monoisotopic (exact) mass is 225 g/mol. The summed E-state index contributed by atoms with van der Waals surface area (Å²) in [5, 5.41) is 0. The van der Waals surface area contributed by atoms with Gasteiger partial charge in [-0.1, -0.05) is 0 Å². The first kappa shape index (κ1) is 12.0. The lowest BCUT2D eigenvalue weighted by atomic mass is 10.4. The van der Waals surface area contributed by atoms with Gasteiger partial charge in [0, 0.05) is 13.1 Å². The number of carbonyl (C=O) groups excluding carboxylic acids is 2. The molecule has 0 aromatic carbocycles. The van der Waals surface area contributed by atoms with Gasteiger partial charge in [0.05, 0.1) is 7.11 Å². The lowest BCUT2D eigenvalue weighted by molar-refractivity contribution is -0.143. The van der Waals surface area contributed by atoms with Crippen LogP contribution in [0.4, 0.5) is 0 Å². The van der Waals surface area contributed by atoms with Crippen LogP contribution in [0.1, 0.15) is 6.92 Å². The highest BCUT2D eigenvalue weighted by Gasteiger charge is 2.10. The van der Waals surface area contributed by atoms with E-state index in [0.717, 1.165) is 0 Å². The zero-order valence-corrected chi connectivity index (χ0v) is 8.93. The van der Waals surface area contributed by atoms with Crippen LogP contribution in [0.2, 0.25) is 0 Å².